The number of para-hydroxylation sites is 1. The summed E-state index contributed by atoms with van der Waals surface area (Å²) in [5.74, 6) is 2.40. The highest BCUT2D eigenvalue weighted by molar-refractivity contribution is 7.99. The molecule has 2 saturated heterocycles. The van der Waals surface area contributed by atoms with E-state index in [4.69, 9.17) is 0 Å². The molecular weight excluding hydrogens is 353 g/mol. The standard InChI is InChI=1S/C16H23N3OS.2ClH/c20-16(10-14-12-21-9-7-17-14)18-13-6-8-19(11-13)15-4-2-1-3-5-15;;/h1-5,13-14,17H,6-12H2,(H,18,20);2*1H. The van der Waals surface area contributed by atoms with Crippen LogP contribution >= 0.6 is 36.6 Å². The molecule has 0 aliphatic carbocycles. The van der Waals surface area contributed by atoms with Gasteiger partial charge in [-0.3, -0.25) is 4.79 Å². The molecule has 2 fully saturated rings. The highest BCUT2D eigenvalue weighted by atomic mass is 35.5. The summed E-state index contributed by atoms with van der Waals surface area (Å²) in [4.78, 5) is 14.5. The van der Waals surface area contributed by atoms with E-state index in [1.54, 1.807) is 0 Å². The molecule has 2 unspecified atom stereocenters. The Hall–Kier alpha value is -0.620. The summed E-state index contributed by atoms with van der Waals surface area (Å²) in [5, 5.41) is 6.61. The first-order valence-corrected chi connectivity index (χ1v) is 8.87. The second kappa shape index (κ2) is 10.3. The summed E-state index contributed by atoms with van der Waals surface area (Å²) in [6.45, 7) is 2.96. The van der Waals surface area contributed by atoms with E-state index in [-0.39, 0.29) is 36.8 Å². The molecule has 2 heterocycles. The summed E-state index contributed by atoms with van der Waals surface area (Å²) < 4.78 is 0. The largest absolute Gasteiger partial charge is 0.369 e. The first-order valence-electron chi connectivity index (χ1n) is 7.72. The van der Waals surface area contributed by atoms with Crippen molar-refractivity contribution in [2.24, 2.45) is 0 Å². The van der Waals surface area contributed by atoms with Crippen molar-refractivity contribution >= 4 is 48.2 Å². The maximum absolute atomic E-state index is 12.1. The van der Waals surface area contributed by atoms with Crippen LogP contribution in [0.4, 0.5) is 5.69 Å². The Kier molecular flexibility index (Phi) is 9.14. The summed E-state index contributed by atoms with van der Waals surface area (Å²) >= 11 is 1.93. The number of rotatable bonds is 4. The lowest BCUT2D eigenvalue weighted by molar-refractivity contribution is -0.122. The van der Waals surface area contributed by atoms with Gasteiger partial charge in [-0.1, -0.05) is 18.2 Å². The Morgan fingerprint density at radius 2 is 2.09 bits per heavy atom. The quantitative estimate of drug-likeness (QED) is 0.844. The number of benzene rings is 1. The van der Waals surface area contributed by atoms with Gasteiger partial charge in [0.1, 0.15) is 0 Å². The topological polar surface area (TPSA) is 44.4 Å². The Morgan fingerprint density at radius 3 is 2.78 bits per heavy atom. The van der Waals surface area contributed by atoms with E-state index in [0.717, 1.165) is 37.6 Å². The third kappa shape index (κ3) is 6.07. The van der Waals surface area contributed by atoms with Crippen LogP contribution in [0.2, 0.25) is 0 Å². The lowest BCUT2D eigenvalue weighted by Crippen LogP contribution is -2.44. The lowest BCUT2D eigenvalue weighted by atomic mass is 10.2. The number of anilines is 1. The number of nitrogens with zero attached hydrogens (tertiary/aromatic N) is 1. The molecule has 1 aromatic rings. The number of carbonyl (C=O) groups excluding carboxylic acids is 1. The molecule has 1 aromatic carbocycles. The van der Waals surface area contributed by atoms with E-state index >= 15 is 0 Å². The molecule has 4 nitrogen and oxygen atoms in total. The Morgan fingerprint density at radius 1 is 1.30 bits per heavy atom. The third-order valence-electron chi connectivity index (χ3n) is 4.10. The maximum atomic E-state index is 12.1. The number of hydrogen-bond acceptors (Lipinski definition) is 4. The number of nitrogens with one attached hydrogen (secondary N) is 2. The molecule has 0 bridgehead atoms. The van der Waals surface area contributed by atoms with E-state index < -0.39 is 0 Å². The van der Waals surface area contributed by atoms with Gasteiger partial charge in [-0.2, -0.15) is 11.8 Å². The van der Waals surface area contributed by atoms with Gasteiger partial charge in [0.2, 0.25) is 5.91 Å². The molecule has 0 radical (unpaired) electrons. The predicted molar refractivity (Wildman–Crippen MR) is 103 cm³/mol. The second-order valence-corrected chi connectivity index (χ2v) is 6.91. The number of hydrogen-bond donors (Lipinski definition) is 2. The minimum Gasteiger partial charge on any atom is -0.369 e. The summed E-state index contributed by atoms with van der Waals surface area (Å²) in [6.07, 6.45) is 1.64. The SMILES string of the molecule is Cl.Cl.O=C(CC1CSCCN1)NC1CCN(c2ccccc2)C1. The van der Waals surface area contributed by atoms with Gasteiger partial charge < -0.3 is 15.5 Å². The molecular formula is C16H25Cl2N3OS. The molecule has 2 N–H and O–H groups in total. The molecule has 7 heteroatoms. The van der Waals surface area contributed by atoms with Gasteiger partial charge in [-0.15, -0.1) is 24.8 Å². The molecule has 3 rings (SSSR count). The summed E-state index contributed by atoms with van der Waals surface area (Å²) in [5.41, 5.74) is 1.25. The van der Waals surface area contributed by atoms with Gasteiger partial charge in [0.15, 0.2) is 0 Å². The molecule has 2 aliphatic rings. The first kappa shape index (κ1) is 20.4. The van der Waals surface area contributed by atoms with Crippen LogP contribution in [0.5, 0.6) is 0 Å². The molecule has 0 spiro atoms. The van der Waals surface area contributed by atoms with Crippen LogP contribution < -0.4 is 15.5 Å². The van der Waals surface area contributed by atoms with Crippen molar-refractivity contribution in [3.8, 4) is 0 Å². The molecule has 2 aliphatic heterocycles. The van der Waals surface area contributed by atoms with Gasteiger partial charge in [0.25, 0.3) is 0 Å². The highest BCUT2D eigenvalue weighted by Gasteiger charge is 2.25. The van der Waals surface area contributed by atoms with Gasteiger partial charge >= 0.3 is 0 Å². The zero-order valence-electron chi connectivity index (χ0n) is 13.1. The highest BCUT2D eigenvalue weighted by Crippen LogP contribution is 2.20. The van der Waals surface area contributed by atoms with Crippen LogP contribution in [0.25, 0.3) is 0 Å². The predicted octanol–water partition coefficient (Wildman–Crippen LogP) is 2.32. The summed E-state index contributed by atoms with van der Waals surface area (Å²) in [7, 11) is 0. The van der Waals surface area contributed by atoms with E-state index in [1.807, 2.05) is 17.8 Å². The van der Waals surface area contributed by atoms with E-state index in [9.17, 15) is 4.79 Å². The van der Waals surface area contributed by atoms with Crippen molar-refractivity contribution in [3.05, 3.63) is 30.3 Å². The summed E-state index contributed by atoms with van der Waals surface area (Å²) in [6, 6.07) is 11.1. The average Bonchev–Trinajstić information content (AvgIpc) is 2.97. The second-order valence-electron chi connectivity index (χ2n) is 5.76. The minimum atomic E-state index is 0. The first-order chi connectivity index (χ1) is 10.3. The van der Waals surface area contributed by atoms with Crippen LogP contribution in [0.1, 0.15) is 12.8 Å². The van der Waals surface area contributed by atoms with Crippen molar-refractivity contribution in [1.82, 2.24) is 10.6 Å². The Balaban J connectivity index is 0.00000132. The smallest absolute Gasteiger partial charge is 0.221 e. The van der Waals surface area contributed by atoms with Gasteiger partial charge in [0, 0.05) is 55.3 Å². The Bertz CT molecular complexity index is 472. The maximum Gasteiger partial charge on any atom is 0.221 e. The molecule has 130 valence electrons. The van der Waals surface area contributed by atoms with E-state index in [2.05, 4.69) is 39.8 Å². The number of halogens is 2. The van der Waals surface area contributed by atoms with Crippen LogP contribution in [0.15, 0.2) is 30.3 Å². The van der Waals surface area contributed by atoms with Crippen LogP contribution in [0, 0.1) is 0 Å². The zero-order valence-corrected chi connectivity index (χ0v) is 15.5. The van der Waals surface area contributed by atoms with Crippen LogP contribution in [-0.2, 0) is 4.79 Å². The molecule has 23 heavy (non-hydrogen) atoms. The van der Waals surface area contributed by atoms with Crippen molar-refractivity contribution in [1.29, 1.82) is 0 Å². The van der Waals surface area contributed by atoms with Crippen molar-refractivity contribution in [2.75, 3.05) is 36.0 Å². The van der Waals surface area contributed by atoms with Crippen molar-refractivity contribution in [3.63, 3.8) is 0 Å². The zero-order chi connectivity index (χ0) is 14.5. The normalized spacial score (nSPS) is 23.6. The fraction of sp³-hybridized carbons (Fsp3) is 0.562. The fourth-order valence-electron chi connectivity index (χ4n) is 3.01. The van der Waals surface area contributed by atoms with Crippen molar-refractivity contribution in [2.45, 2.75) is 24.9 Å². The lowest BCUT2D eigenvalue weighted by Gasteiger charge is -2.23. The third-order valence-corrected chi connectivity index (χ3v) is 5.24. The van der Waals surface area contributed by atoms with Crippen LogP contribution in [-0.4, -0.2) is 49.1 Å². The van der Waals surface area contributed by atoms with E-state index in [1.165, 1.54) is 5.69 Å². The fourth-order valence-corrected chi connectivity index (χ4v) is 3.96. The number of thioether (sulfide) groups is 1. The molecule has 1 amide bonds. The molecule has 0 aromatic heterocycles. The molecule has 0 saturated carbocycles. The van der Waals surface area contributed by atoms with E-state index in [0.29, 0.717) is 12.5 Å². The average molecular weight is 378 g/mol. The number of carbonyl (C=O) groups is 1. The van der Waals surface area contributed by atoms with Gasteiger partial charge in [0.05, 0.1) is 0 Å². The Labute approximate surface area is 155 Å². The monoisotopic (exact) mass is 377 g/mol. The van der Waals surface area contributed by atoms with Gasteiger partial charge in [-0.25, -0.2) is 0 Å². The van der Waals surface area contributed by atoms with Crippen LogP contribution in [0.3, 0.4) is 0 Å². The number of amides is 1. The minimum absolute atomic E-state index is 0. The van der Waals surface area contributed by atoms with Crippen molar-refractivity contribution < 1.29 is 4.79 Å². The molecule has 2 atom stereocenters. The van der Waals surface area contributed by atoms with Gasteiger partial charge in [-0.05, 0) is 18.6 Å².